The van der Waals surface area contributed by atoms with Gasteiger partial charge in [-0.25, -0.2) is 5.11 Å². The molecule has 1 saturated carbocycles. The molecule has 0 aromatic heterocycles. The largest absolute Gasteiger partial charge is 0.230 e. The standard InChI is InChI=1S/C5H9O/c1-2-5(6)3-4-5/h2-4H2,1H3. The molecule has 1 rings (SSSR count). The summed E-state index contributed by atoms with van der Waals surface area (Å²) in [4.78, 5) is 0. The summed E-state index contributed by atoms with van der Waals surface area (Å²) in [6, 6.07) is 0. The summed E-state index contributed by atoms with van der Waals surface area (Å²) in [6.45, 7) is 1.96. The summed E-state index contributed by atoms with van der Waals surface area (Å²) in [5, 5.41) is 10.6. The third-order valence-electron chi connectivity index (χ3n) is 1.45. The molecule has 6 heavy (non-hydrogen) atoms. The molecular formula is C5H9O. The minimum atomic E-state index is -0.458. The van der Waals surface area contributed by atoms with Gasteiger partial charge >= 0.3 is 0 Å². The zero-order chi connectivity index (χ0) is 4.62. The van der Waals surface area contributed by atoms with E-state index in [9.17, 15) is 5.11 Å². The molecule has 1 nitrogen and oxygen atoms in total. The van der Waals surface area contributed by atoms with E-state index in [1.54, 1.807) is 0 Å². The van der Waals surface area contributed by atoms with Crippen LogP contribution < -0.4 is 0 Å². The lowest BCUT2D eigenvalue weighted by Gasteiger charge is -1.92. The van der Waals surface area contributed by atoms with Gasteiger partial charge in [0.05, 0.1) is 0 Å². The van der Waals surface area contributed by atoms with E-state index in [1.807, 2.05) is 6.92 Å². The average Bonchev–Trinajstić information content (AvgIpc) is 2.22. The molecule has 1 aliphatic carbocycles. The first-order chi connectivity index (χ1) is 2.77. The fraction of sp³-hybridized carbons (Fsp3) is 1.00. The summed E-state index contributed by atoms with van der Waals surface area (Å²) < 4.78 is 0. The maximum Gasteiger partial charge on any atom is 0.104 e. The van der Waals surface area contributed by atoms with E-state index < -0.39 is 5.60 Å². The van der Waals surface area contributed by atoms with Crippen molar-refractivity contribution >= 4 is 0 Å². The van der Waals surface area contributed by atoms with Gasteiger partial charge in [-0.1, -0.05) is 6.92 Å². The SMILES string of the molecule is CCC1([O])CC1. The first kappa shape index (κ1) is 4.13. The quantitative estimate of drug-likeness (QED) is 0.458. The van der Waals surface area contributed by atoms with Crippen LogP contribution in [0.1, 0.15) is 26.2 Å². The molecule has 1 heteroatoms. The van der Waals surface area contributed by atoms with E-state index in [0.717, 1.165) is 19.3 Å². The summed E-state index contributed by atoms with van der Waals surface area (Å²) in [5.74, 6) is 0. The Morgan fingerprint density at radius 1 is 1.67 bits per heavy atom. The predicted octanol–water partition coefficient (Wildman–Crippen LogP) is 1.36. The monoisotopic (exact) mass is 85.1 g/mol. The van der Waals surface area contributed by atoms with Gasteiger partial charge in [-0.05, 0) is 19.3 Å². The lowest BCUT2D eigenvalue weighted by molar-refractivity contribution is 0.0614. The Kier molecular flexibility index (Phi) is 0.667. The average molecular weight is 85.1 g/mol. The van der Waals surface area contributed by atoms with Crippen LogP contribution in [0.4, 0.5) is 0 Å². The molecule has 0 amide bonds. The van der Waals surface area contributed by atoms with Crippen molar-refractivity contribution in [2.75, 3.05) is 0 Å². The van der Waals surface area contributed by atoms with E-state index >= 15 is 0 Å². The third kappa shape index (κ3) is 0.548. The predicted molar refractivity (Wildman–Crippen MR) is 22.9 cm³/mol. The van der Waals surface area contributed by atoms with Crippen molar-refractivity contribution in [1.82, 2.24) is 0 Å². The van der Waals surface area contributed by atoms with Gasteiger partial charge < -0.3 is 0 Å². The Bertz CT molecular complexity index is 55.0. The molecule has 35 valence electrons. The summed E-state index contributed by atoms with van der Waals surface area (Å²) in [6.07, 6.45) is 2.67. The van der Waals surface area contributed by atoms with Gasteiger partial charge in [0, 0.05) is 0 Å². The van der Waals surface area contributed by atoms with E-state index in [-0.39, 0.29) is 0 Å². The van der Waals surface area contributed by atoms with Crippen LogP contribution in [0.2, 0.25) is 0 Å². The maximum atomic E-state index is 10.6. The van der Waals surface area contributed by atoms with Crippen LogP contribution in [0.5, 0.6) is 0 Å². The second kappa shape index (κ2) is 0.969. The zero-order valence-corrected chi connectivity index (χ0v) is 4.03. The van der Waals surface area contributed by atoms with Gasteiger partial charge in [0.25, 0.3) is 0 Å². The van der Waals surface area contributed by atoms with Crippen LogP contribution in [-0.2, 0) is 5.11 Å². The van der Waals surface area contributed by atoms with Gasteiger partial charge in [0.2, 0.25) is 0 Å². The first-order valence-electron chi connectivity index (χ1n) is 2.47. The summed E-state index contributed by atoms with van der Waals surface area (Å²) in [7, 11) is 0. The van der Waals surface area contributed by atoms with Gasteiger partial charge in [0.1, 0.15) is 5.60 Å². The first-order valence-corrected chi connectivity index (χ1v) is 2.47. The molecule has 0 aromatic rings. The van der Waals surface area contributed by atoms with Crippen LogP contribution in [0.3, 0.4) is 0 Å². The van der Waals surface area contributed by atoms with Crippen LogP contribution in [-0.4, -0.2) is 5.60 Å². The molecule has 0 unspecified atom stereocenters. The molecule has 0 bridgehead atoms. The number of hydrogen-bond donors (Lipinski definition) is 0. The van der Waals surface area contributed by atoms with E-state index in [0.29, 0.717) is 0 Å². The molecule has 0 heterocycles. The van der Waals surface area contributed by atoms with Crippen molar-refractivity contribution in [3.8, 4) is 0 Å². The molecule has 0 spiro atoms. The van der Waals surface area contributed by atoms with E-state index in [1.165, 1.54) is 0 Å². The van der Waals surface area contributed by atoms with Crippen molar-refractivity contribution < 1.29 is 5.11 Å². The van der Waals surface area contributed by atoms with Crippen molar-refractivity contribution in [3.05, 3.63) is 0 Å². The zero-order valence-electron chi connectivity index (χ0n) is 4.03. The van der Waals surface area contributed by atoms with E-state index in [2.05, 4.69) is 0 Å². The number of rotatable bonds is 1. The molecule has 1 fully saturated rings. The molecule has 0 saturated heterocycles. The second-order valence-electron chi connectivity index (χ2n) is 2.04. The highest BCUT2D eigenvalue weighted by Gasteiger charge is 2.40. The summed E-state index contributed by atoms with van der Waals surface area (Å²) >= 11 is 0. The molecule has 0 aromatic carbocycles. The topological polar surface area (TPSA) is 19.9 Å². The van der Waals surface area contributed by atoms with Crippen LogP contribution in [0.15, 0.2) is 0 Å². The normalized spacial score (nSPS) is 27.0. The third-order valence-corrected chi connectivity index (χ3v) is 1.45. The van der Waals surface area contributed by atoms with Crippen LogP contribution in [0, 0.1) is 0 Å². The fourth-order valence-corrected chi connectivity index (χ4v) is 0.493. The van der Waals surface area contributed by atoms with Crippen molar-refractivity contribution in [2.24, 2.45) is 0 Å². The molecule has 0 N–H and O–H groups in total. The van der Waals surface area contributed by atoms with Gasteiger partial charge in [-0.2, -0.15) is 0 Å². The maximum absolute atomic E-state index is 10.6. The van der Waals surface area contributed by atoms with Gasteiger partial charge in [-0.3, -0.25) is 0 Å². The molecule has 0 aliphatic heterocycles. The molecular weight excluding hydrogens is 76.1 g/mol. The van der Waals surface area contributed by atoms with Crippen molar-refractivity contribution in [1.29, 1.82) is 0 Å². The fourth-order valence-electron chi connectivity index (χ4n) is 0.493. The second-order valence-corrected chi connectivity index (χ2v) is 2.04. The Morgan fingerprint density at radius 3 is 2.17 bits per heavy atom. The number of hydrogen-bond acceptors (Lipinski definition) is 0. The van der Waals surface area contributed by atoms with Crippen LogP contribution >= 0.6 is 0 Å². The Balaban J connectivity index is 2.28. The lowest BCUT2D eigenvalue weighted by Crippen LogP contribution is -1.98. The molecule has 0 atom stereocenters. The Hall–Kier alpha value is -0.0400. The van der Waals surface area contributed by atoms with Gasteiger partial charge in [0.15, 0.2) is 0 Å². The lowest BCUT2D eigenvalue weighted by atomic mass is 10.3. The van der Waals surface area contributed by atoms with E-state index in [4.69, 9.17) is 0 Å². The minimum Gasteiger partial charge on any atom is -0.230 e. The van der Waals surface area contributed by atoms with Crippen molar-refractivity contribution in [2.45, 2.75) is 31.8 Å². The Labute approximate surface area is 38.0 Å². The Morgan fingerprint density at radius 2 is 2.17 bits per heavy atom. The van der Waals surface area contributed by atoms with Gasteiger partial charge in [-0.15, -0.1) is 0 Å². The highest BCUT2D eigenvalue weighted by atomic mass is 16.3. The smallest absolute Gasteiger partial charge is 0.104 e. The highest BCUT2D eigenvalue weighted by molar-refractivity contribution is 4.90. The molecule has 1 aliphatic rings. The van der Waals surface area contributed by atoms with Crippen molar-refractivity contribution in [3.63, 3.8) is 0 Å². The minimum absolute atomic E-state index is 0.458. The van der Waals surface area contributed by atoms with Crippen LogP contribution in [0.25, 0.3) is 0 Å². The summed E-state index contributed by atoms with van der Waals surface area (Å²) in [5.41, 5.74) is -0.458. The molecule has 1 radical (unpaired) electrons. The highest BCUT2D eigenvalue weighted by Crippen LogP contribution is 2.38.